The van der Waals surface area contributed by atoms with Crippen LogP contribution in [0.4, 0.5) is 0 Å². The van der Waals surface area contributed by atoms with Crippen LogP contribution in [-0.4, -0.2) is 19.9 Å². The molecule has 0 aromatic heterocycles. The highest BCUT2D eigenvalue weighted by Gasteiger charge is 2.39. The Morgan fingerprint density at radius 1 is 1.26 bits per heavy atom. The fraction of sp³-hybridized carbons (Fsp3) is 0.364. The molecular weight excluding hydrogens is 333 g/mol. The summed E-state index contributed by atoms with van der Waals surface area (Å²) in [7, 11) is 1.22. The predicted octanol–water partition coefficient (Wildman–Crippen LogP) is 3.20. The molecular formula is C11H10Cl3NO3S. The quantitative estimate of drug-likeness (QED) is 0.858. The molecule has 1 saturated carbocycles. The van der Waals surface area contributed by atoms with Gasteiger partial charge in [-0.05, 0) is 31.9 Å². The molecule has 1 aliphatic carbocycles. The molecule has 0 bridgehead atoms. The minimum atomic E-state index is -4.03. The fourth-order valence-corrected chi connectivity index (χ4v) is 3.37. The van der Waals surface area contributed by atoms with Crippen molar-refractivity contribution in [1.82, 2.24) is 5.32 Å². The van der Waals surface area contributed by atoms with E-state index in [1.807, 2.05) is 6.92 Å². The Morgan fingerprint density at radius 2 is 1.84 bits per heavy atom. The first-order valence-corrected chi connectivity index (χ1v) is 8.45. The first-order valence-electron chi connectivity index (χ1n) is 5.39. The number of carbonyl (C=O) groups is 1. The molecule has 1 fully saturated rings. The molecule has 2 rings (SSSR count). The second kappa shape index (κ2) is 4.81. The van der Waals surface area contributed by atoms with E-state index in [9.17, 15) is 13.2 Å². The Bertz CT molecular complexity index is 653. The van der Waals surface area contributed by atoms with E-state index in [2.05, 4.69) is 5.32 Å². The molecule has 1 aromatic rings. The number of carbonyl (C=O) groups excluding carboxylic acids is 1. The van der Waals surface area contributed by atoms with Gasteiger partial charge in [0, 0.05) is 16.2 Å². The highest BCUT2D eigenvalue weighted by Crippen LogP contribution is 2.36. The summed E-state index contributed by atoms with van der Waals surface area (Å²) in [4.78, 5) is 11.7. The van der Waals surface area contributed by atoms with Crippen LogP contribution in [0.15, 0.2) is 17.0 Å². The molecule has 8 heteroatoms. The molecule has 1 aromatic carbocycles. The van der Waals surface area contributed by atoms with Crippen molar-refractivity contribution >= 4 is 48.8 Å². The molecule has 0 heterocycles. The first-order chi connectivity index (χ1) is 8.62. The molecule has 19 heavy (non-hydrogen) atoms. The maximum Gasteiger partial charge on any atom is 0.262 e. The summed E-state index contributed by atoms with van der Waals surface area (Å²) in [6, 6.07) is 2.29. The van der Waals surface area contributed by atoms with Gasteiger partial charge in [-0.2, -0.15) is 0 Å². The van der Waals surface area contributed by atoms with Crippen LogP contribution >= 0.6 is 33.9 Å². The van der Waals surface area contributed by atoms with Crippen molar-refractivity contribution in [3.63, 3.8) is 0 Å². The van der Waals surface area contributed by atoms with Gasteiger partial charge >= 0.3 is 0 Å². The van der Waals surface area contributed by atoms with Crippen LogP contribution in [0.3, 0.4) is 0 Å². The number of hydrogen-bond donors (Lipinski definition) is 1. The molecule has 104 valence electrons. The Labute approximate surface area is 125 Å². The van der Waals surface area contributed by atoms with Crippen molar-refractivity contribution in [3.05, 3.63) is 27.7 Å². The van der Waals surface area contributed by atoms with Crippen molar-refractivity contribution in [2.24, 2.45) is 0 Å². The molecule has 0 radical (unpaired) electrons. The number of benzene rings is 1. The molecule has 0 aliphatic heterocycles. The van der Waals surface area contributed by atoms with Crippen molar-refractivity contribution in [2.75, 3.05) is 0 Å². The number of halogens is 3. The lowest BCUT2D eigenvalue weighted by Gasteiger charge is -2.13. The zero-order chi connectivity index (χ0) is 14.4. The average Bonchev–Trinajstić information content (AvgIpc) is 2.93. The van der Waals surface area contributed by atoms with Crippen LogP contribution in [0.5, 0.6) is 0 Å². The number of amides is 1. The maximum atomic E-state index is 12.0. The molecule has 0 atom stereocenters. The van der Waals surface area contributed by atoms with E-state index in [1.165, 1.54) is 6.07 Å². The Kier molecular flexibility index (Phi) is 3.77. The number of hydrogen-bond acceptors (Lipinski definition) is 3. The Morgan fingerprint density at radius 3 is 2.32 bits per heavy atom. The number of nitrogens with one attached hydrogen (secondary N) is 1. The van der Waals surface area contributed by atoms with Crippen LogP contribution in [0, 0.1) is 0 Å². The Hall–Kier alpha value is -0.490. The van der Waals surface area contributed by atoms with Crippen molar-refractivity contribution < 1.29 is 13.2 Å². The van der Waals surface area contributed by atoms with E-state index >= 15 is 0 Å². The van der Waals surface area contributed by atoms with E-state index in [1.54, 1.807) is 0 Å². The van der Waals surface area contributed by atoms with Crippen molar-refractivity contribution in [3.8, 4) is 0 Å². The predicted molar refractivity (Wildman–Crippen MR) is 74.6 cm³/mol. The van der Waals surface area contributed by atoms with Crippen LogP contribution < -0.4 is 5.32 Å². The molecule has 1 amide bonds. The van der Waals surface area contributed by atoms with Crippen LogP contribution in [-0.2, 0) is 9.05 Å². The lowest BCUT2D eigenvalue weighted by molar-refractivity contribution is 0.0935. The third-order valence-electron chi connectivity index (χ3n) is 2.94. The van der Waals surface area contributed by atoms with Gasteiger partial charge in [0.05, 0.1) is 15.6 Å². The van der Waals surface area contributed by atoms with Gasteiger partial charge < -0.3 is 5.32 Å². The highest BCUT2D eigenvalue weighted by atomic mass is 35.7. The lowest BCUT2D eigenvalue weighted by Crippen LogP contribution is -2.34. The van der Waals surface area contributed by atoms with Crippen molar-refractivity contribution in [1.29, 1.82) is 0 Å². The van der Waals surface area contributed by atoms with Gasteiger partial charge in [-0.1, -0.05) is 23.2 Å². The third-order valence-corrected chi connectivity index (χ3v) is 5.04. The minimum Gasteiger partial charge on any atom is -0.347 e. The summed E-state index contributed by atoms with van der Waals surface area (Å²) in [5, 5.41) is 2.74. The summed E-state index contributed by atoms with van der Waals surface area (Å²) < 4.78 is 22.7. The van der Waals surface area contributed by atoms with Crippen LogP contribution in [0.25, 0.3) is 0 Å². The van der Waals surface area contributed by atoms with E-state index < -0.39 is 15.0 Å². The van der Waals surface area contributed by atoms with E-state index in [0.29, 0.717) is 0 Å². The zero-order valence-electron chi connectivity index (χ0n) is 9.84. The topological polar surface area (TPSA) is 63.2 Å². The molecule has 0 saturated heterocycles. The normalized spacial score (nSPS) is 17.1. The lowest BCUT2D eigenvalue weighted by atomic mass is 10.2. The third kappa shape index (κ3) is 3.34. The number of rotatable bonds is 3. The standard InChI is InChI=1S/C11H10Cl3NO3S/c1-11(2-3-11)15-10(16)6-4-9(19(14,17)18)8(13)5-7(6)12/h4-5H,2-3H2,1H3,(H,15,16). The molecule has 0 unspecified atom stereocenters. The summed E-state index contributed by atoms with van der Waals surface area (Å²) in [6.07, 6.45) is 1.76. The van der Waals surface area contributed by atoms with Crippen LogP contribution in [0.2, 0.25) is 10.0 Å². The van der Waals surface area contributed by atoms with Gasteiger partial charge in [0.2, 0.25) is 0 Å². The van der Waals surface area contributed by atoms with Gasteiger partial charge in [0.25, 0.3) is 15.0 Å². The minimum absolute atomic E-state index is 0.0402. The summed E-state index contributed by atoms with van der Waals surface area (Å²) in [5.41, 5.74) is -0.196. The smallest absolute Gasteiger partial charge is 0.262 e. The van der Waals surface area contributed by atoms with Crippen molar-refractivity contribution in [2.45, 2.75) is 30.2 Å². The molecule has 1 aliphatic rings. The SMILES string of the molecule is CC1(NC(=O)c2cc(S(=O)(=O)Cl)c(Cl)cc2Cl)CC1. The van der Waals surface area contributed by atoms with E-state index in [0.717, 1.165) is 18.9 Å². The molecule has 1 N–H and O–H groups in total. The van der Waals surface area contributed by atoms with Gasteiger partial charge in [0.1, 0.15) is 4.90 Å². The zero-order valence-corrected chi connectivity index (χ0v) is 12.9. The molecule has 4 nitrogen and oxygen atoms in total. The van der Waals surface area contributed by atoms with Gasteiger partial charge in [-0.3, -0.25) is 4.79 Å². The first kappa shape index (κ1) is 14.9. The average molecular weight is 343 g/mol. The largest absolute Gasteiger partial charge is 0.347 e. The van der Waals surface area contributed by atoms with E-state index in [4.69, 9.17) is 33.9 Å². The van der Waals surface area contributed by atoms with Gasteiger partial charge in [-0.25, -0.2) is 8.42 Å². The summed E-state index contributed by atoms with van der Waals surface area (Å²) in [6.45, 7) is 1.90. The fourth-order valence-electron chi connectivity index (χ4n) is 1.54. The van der Waals surface area contributed by atoms with Gasteiger partial charge in [0.15, 0.2) is 0 Å². The monoisotopic (exact) mass is 341 g/mol. The summed E-state index contributed by atoms with van der Waals surface area (Å²) in [5.74, 6) is -0.441. The summed E-state index contributed by atoms with van der Waals surface area (Å²) >= 11 is 11.7. The highest BCUT2D eigenvalue weighted by molar-refractivity contribution is 8.13. The molecule has 0 spiro atoms. The van der Waals surface area contributed by atoms with Gasteiger partial charge in [-0.15, -0.1) is 0 Å². The van der Waals surface area contributed by atoms with E-state index in [-0.39, 0.29) is 26.0 Å². The maximum absolute atomic E-state index is 12.0. The second-order valence-electron chi connectivity index (χ2n) is 4.72. The Balaban J connectivity index is 2.43. The van der Waals surface area contributed by atoms with Crippen LogP contribution in [0.1, 0.15) is 30.1 Å². The second-order valence-corrected chi connectivity index (χ2v) is 8.06.